The van der Waals surface area contributed by atoms with Crippen molar-refractivity contribution in [1.82, 2.24) is 24.4 Å². The molecule has 2 heterocycles. The van der Waals surface area contributed by atoms with Gasteiger partial charge < -0.3 is 14.5 Å². The van der Waals surface area contributed by atoms with Gasteiger partial charge in [-0.2, -0.15) is 0 Å². The van der Waals surface area contributed by atoms with Crippen molar-refractivity contribution in [3.63, 3.8) is 0 Å². The van der Waals surface area contributed by atoms with Gasteiger partial charge in [0.25, 0.3) is 0 Å². The highest BCUT2D eigenvalue weighted by Crippen LogP contribution is 2.18. The first-order valence-electron chi connectivity index (χ1n) is 8.76. The van der Waals surface area contributed by atoms with E-state index in [1.807, 2.05) is 60.9 Å². The Morgan fingerprint density at radius 1 is 1.08 bits per heavy atom. The fraction of sp³-hybridized carbons (Fsp3) is 0.250. The zero-order valence-corrected chi connectivity index (χ0v) is 14.9. The van der Waals surface area contributed by atoms with E-state index in [2.05, 4.69) is 25.9 Å². The van der Waals surface area contributed by atoms with Crippen molar-refractivity contribution in [2.24, 2.45) is 0 Å². The van der Waals surface area contributed by atoms with Crippen LogP contribution in [0.4, 0.5) is 0 Å². The van der Waals surface area contributed by atoms with E-state index in [4.69, 9.17) is 0 Å². The molecule has 6 heteroatoms. The molecule has 0 saturated carbocycles. The number of benzene rings is 2. The summed E-state index contributed by atoms with van der Waals surface area (Å²) in [5.41, 5.74) is 3.93. The fourth-order valence-electron chi connectivity index (χ4n) is 3.33. The number of hydrogen-bond acceptors (Lipinski definition) is 3. The van der Waals surface area contributed by atoms with E-state index >= 15 is 0 Å². The highest BCUT2D eigenvalue weighted by Gasteiger charge is 2.17. The molecule has 0 aliphatic heterocycles. The summed E-state index contributed by atoms with van der Waals surface area (Å²) in [7, 11) is 0. The second-order valence-electron chi connectivity index (χ2n) is 6.41. The average Bonchev–Trinajstić information content (AvgIpc) is 3.22. The van der Waals surface area contributed by atoms with Gasteiger partial charge in [0.1, 0.15) is 11.9 Å². The summed E-state index contributed by atoms with van der Waals surface area (Å²) >= 11 is 0. The third-order valence-electron chi connectivity index (χ3n) is 4.76. The number of hydrogen-bond donors (Lipinski definition) is 1. The van der Waals surface area contributed by atoms with Crippen LogP contribution in [0.2, 0.25) is 0 Å². The lowest BCUT2D eigenvalue weighted by Crippen LogP contribution is -2.33. The molecule has 6 nitrogen and oxygen atoms in total. The number of amides is 1. The first kappa shape index (κ1) is 16.3. The standard InChI is InChI=1S/C20H21N5O/c1-14(25-13-22-16-7-3-5-9-18(16)25)20(26)21-11-12-24-15(2)23-17-8-4-6-10-19(17)24/h3-10,13-14H,11-12H2,1-2H3,(H,21,26)/t14-/m0/s1. The Balaban J connectivity index is 1.44. The van der Waals surface area contributed by atoms with Crippen LogP contribution in [-0.4, -0.2) is 31.6 Å². The highest BCUT2D eigenvalue weighted by molar-refractivity contribution is 5.83. The molecule has 1 atom stereocenters. The lowest BCUT2D eigenvalue weighted by Gasteiger charge is -2.15. The molecule has 2 aromatic heterocycles. The number of aryl methyl sites for hydroxylation is 1. The zero-order chi connectivity index (χ0) is 18.1. The minimum Gasteiger partial charge on any atom is -0.353 e. The van der Waals surface area contributed by atoms with Crippen LogP contribution in [0.25, 0.3) is 22.1 Å². The SMILES string of the molecule is Cc1nc2ccccc2n1CCNC(=O)[C@H](C)n1cnc2ccccc21. The number of nitrogens with zero attached hydrogens (tertiary/aromatic N) is 4. The maximum atomic E-state index is 12.6. The molecule has 0 aliphatic rings. The van der Waals surface area contributed by atoms with Gasteiger partial charge in [0.05, 0.1) is 28.4 Å². The largest absolute Gasteiger partial charge is 0.353 e. The Hall–Kier alpha value is -3.15. The number of nitrogens with one attached hydrogen (secondary N) is 1. The van der Waals surface area contributed by atoms with E-state index in [0.717, 1.165) is 27.9 Å². The van der Waals surface area contributed by atoms with Gasteiger partial charge in [0.15, 0.2) is 0 Å². The number of carbonyl (C=O) groups excluding carboxylic acids is 1. The smallest absolute Gasteiger partial charge is 0.242 e. The third-order valence-corrected chi connectivity index (χ3v) is 4.76. The monoisotopic (exact) mass is 347 g/mol. The predicted octanol–water partition coefficient (Wildman–Crippen LogP) is 3.07. The Bertz CT molecular complexity index is 1080. The first-order valence-corrected chi connectivity index (χ1v) is 8.76. The Labute approximate surface area is 151 Å². The van der Waals surface area contributed by atoms with Crippen molar-refractivity contribution in [2.45, 2.75) is 26.4 Å². The summed E-state index contributed by atoms with van der Waals surface area (Å²) in [6, 6.07) is 15.6. The van der Waals surface area contributed by atoms with Crippen LogP contribution in [0.15, 0.2) is 54.9 Å². The van der Waals surface area contributed by atoms with E-state index in [9.17, 15) is 4.79 Å². The summed E-state index contributed by atoms with van der Waals surface area (Å²) in [5, 5.41) is 3.03. The van der Waals surface area contributed by atoms with Crippen LogP contribution in [0.3, 0.4) is 0 Å². The lowest BCUT2D eigenvalue weighted by atomic mass is 10.2. The van der Waals surface area contributed by atoms with Crippen LogP contribution in [0, 0.1) is 6.92 Å². The molecular formula is C20H21N5O. The minimum absolute atomic E-state index is 0.0183. The van der Waals surface area contributed by atoms with Crippen molar-refractivity contribution in [1.29, 1.82) is 0 Å². The van der Waals surface area contributed by atoms with Crippen molar-refractivity contribution in [2.75, 3.05) is 6.54 Å². The van der Waals surface area contributed by atoms with Gasteiger partial charge in [0.2, 0.25) is 5.91 Å². The quantitative estimate of drug-likeness (QED) is 0.603. The molecule has 1 amide bonds. The number of imidazole rings is 2. The average molecular weight is 347 g/mol. The van der Waals surface area contributed by atoms with Crippen LogP contribution in [-0.2, 0) is 11.3 Å². The maximum absolute atomic E-state index is 12.6. The van der Waals surface area contributed by atoms with Gasteiger partial charge in [-0.3, -0.25) is 4.79 Å². The molecule has 4 rings (SSSR count). The molecule has 132 valence electrons. The molecule has 26 heavy (non-hydrogen) atoms. The van der Waals surface area contributed by atoms with Gasteiger partial charge in [-0.25, -0.2) is 9.97 Å². The molecule has 1 N–H and O–H groups in total. The van der Waals surface area contributed by atoms with E-state index in [1.165, 1.54) is 0 Å². The minimum atomic E-state index is -0.317. The van der Waals surface area contributed by atoms with Gasteiger partial charge in [-0.15, -0.1) is 0 Å². The summed E-state index contributed by atoms with van der Waals surface area (Å²) in [6.45, 7) is 5.12. The Morgan fingerprint density at radius 3 is 2.58 bits per heavy atom. The fourth-order valence-corrected chi connectivity index (χ4v) is 3.33. The third kappa shape index (κ3) is 2.83. The van der Waals surface area contributed by atoms with Crippen LogP contribution < -0.4 is 5.32 Å². The van der Waals surface area contributed by atoms with Crippen molar-refractivity contribution in [3.8, 4) is 0 Å². The van der Waals surface area contributed by atoms with Crippen molar-refractivity contribution >= 4 is 28.0 Å². The van der Waals surface area contributed by atoms with Crippen LogP contribution >= 0.6 is 0 Å². The lowest BCUT2D eigenvalue weighted by molar-refractivity contribution is -0.123. The van der Waals surface area contributed by atoms with Gasteiger partial charge in [-0.1, -0.05) is 24.3 Å². The molecule has 0 spiro atoms. The van der Waals surface area contributed by atoms with Crippen LogP contribution in [0.5, 0.6) is 0 Å². The molecule has 4 aromatic rings. The second-order valence-corrected chi connectivity index (χ2v) is 6.41. The normalized spacial score (nSPS) is 12.5. The molecular weight excluding hydrogens is 326 g/mol. The summed E-state index contributed by atoms with van der Waals surface area (Å²) in [6.07, 6.45) is 1.72. The first-order chi connectivity index (χ1) is 12.6. The Kier molecular flexibility index (Phi) is 4.16. The molecule has 2 aromatic carbocycles. The zero-order valence-electron chi connectivity index (χ0n) is 14.9. The molecule has 0 saturated heterocycles. The van der Waals surface area contributed by atoms with E-state index in [-0.39, 0.29) is 11.9 Å². The van der Waals surface area contributed by atoms with E-state index in [1.54, 1.807) is 6.33 Å². The summed E-state index contributed by atoms with van der Waals surface area (Å²) < 4.78 is 4.04. The Morgan fingerprint density at radius 2 is 1.77 bits per heavy atom. The number of carbonyl (C=O) groups is 1. The van der Waals surface area contributed by atoms with E-state index < -0.39 is 0 Å². The molecule has 0 fully saturated rings. The van der Waals surface area contributed by atoms with Gasteiger partial charge in [-0.05, 0) is 38.1 Å². The predicted molar refractivity (Wildman–Crippen MR) is 102 cm³/mol. The van der Waals surface area contributed by atoms with Gasteiger partial charge >= 0.3 is 0 Å². The summed E-state index contributed by atoms with van der Waals surface area (Å²) in [4.78, 5) is 21.5. The topological polar surface area (TPSA) is 64.7 Å². The molecule has 0 unspecified atom stereocenters. The molecule has 0 aliphatic carbocycles. The maximum Gasteiger partial charge on any atom is 0.242 e. The molecule has 0 radical (unpaired) electrons. The number of para-hydroxylation sites is 4. The van der Waals surface area contributed by atoms with Crippen molar-refractivity contribution in [3.05, 3.63) is 60.7 Å². The van der Waals surface area contributed by atoms with Gasteiger partial charge in [0, 0.05) is 13.1 Å². The highest BCUT2D eigenvalue weighted by atomic mass is 16.2. The number of aromatic nitrogens is 4. The number of fused-ring (bicyclic) bond motifs is 2. The second kappa shape index (κ2) is 6.63. The number of rotatable bonds is 5. The van der Waals surface area contributed by atoms with E-state index in [0.29, 0.717) is 13.1 Å². The molecule has 0 bridgehead atoms. The van der Waals surface area contributed by atoms with Crippen molar-refractivity contribution < 1.29 is 4.79 Å². The van der Waals surface area contributed by atoms with Crippen LogP contribution in [0.1, 0.15) is 18.8 Å². The summed E-state index contributed by atoms with van der Waals surface area (Å²) in [5.74, 6) is 0.935.